The van der Waals surface area contributed by atoms with E-state index in [1.165, 1.54) is 51.7 Å². The average Bonchev–Trinajstić information content (AvgIpc) is 2.76. The Morgan fingerprint density at radius 3 is 2.47 bits per heavy atom. The first-order valence-electron chi connectivity index (χ1n) is 6.73. The van der Waals surface area contributed by atoms with Crippen molar-refractivity contribution in [2.75, 3.05) is 26.7 Å². The standard InChI is InChI=1S/C13H26N2/c1-3-5-13(8-14-2)15-9-11-6-4-7-12(11)10-15/h11-14H,3-10H2,1-2H3. The Kier molecular flexibility index (Phi) is 4.04. The summed E-state index contributed by atoms with van der Waals surface area (Å²) in [5, 5.41) is 3.35. The molecule has 0 aromatic heterocycles. The summed E-state index contributed by atoms with van der Waals surface area (Å²) in [4.78, 5) is 2.76. The number of nitrogens with one attached hydrogen (secondary N) is 1. The van der Waals surface area contributed by atoms with E-state index in [2.05, 4.69) is 24.2 Å². The van der Waals surface area contributed by atoms with Crippen molar-refractivity contribution < 1.29 is 0 Å². The van der Waals surface area contributed by atoms with Crippen LogP contribution in [0, 0.1) is 11.8 Å². The molecular weight excluding hydrogens is 184 g/mol. The zero-order valence-corrected chi connectivity index (χ0v) is 10.3. The van der Waals surface area contributed by atoms with Gasteiger partial charge in [-0.05, 0) is 38.1 Å². The van der Waals surface area contributed by atoms with E-state index in [1.54, 1.807) is 0 Å². The highest BCUT2D eigenvalue weighted by Gasteiger charge is 2.38. The van der Waals surface area contributed by atoms with Crippen molar-refractivity contribution in [3.05, 3.63) is 0 Å². The first kappa shape index (κ1) is 11.4. The first-order valence-corrected chi connectivity index (χ1v) is 6.73. The van der Waals surface area contributed by atoms with E-state index in [4.69, 9.17) is 0 Å². The Morgan fingerprint density at radius 2 is 1.93 bits per heavy atom. The van der Waals surface area contributed by atoms with E-state index >= 15 is 0 Å². The van der Waals surface area contributed by atoms with E-state index in [0.717, 1.165) is 17.9 Å². The van der Waals surface area contributed by atoms with Crippen molar-refractivity contribution in [3.8, 4) is 0 Å². The summed E-state index contributed by atoms with van der Waals surface area (Å²) in [6.45, 7) is 6.25. The Labute approximate surface area is 94.4 Å². The SMILES string of the molecule is CCCC(CNC)N1CC2CCCC2C1. The number of likely N-dealkylation sites (tertiary alicyclic amines) is 1. The molecule has 1 saturated carbocycles. The van der Waals surface area contributed by atoms with Gasteiger partial charge >= 0.3 is 0 Å². The van der Waals surface area contributed by atoms with Gasteiger partial charge in [0.1, 0.15) is 0 Å². The average molecular weight is 210 g/mol. The summed E-state index contributed by atoms with van der Waals surface area (Å²) in [6, 6.07) is 0.797. The minimum atomic E-state index is 0.797. The highest BCUT2D eigenvalue weighted by atomic mass is 15.2. The van der Waals surface area contributed by atoms with Crippen molar-refractivity contribution >= 4 is 0 Å². The Balaban J connectivity index is 1.86. The Hall–Kier alpha value is -0.0800. The van der Waals surface area contributed by atoms with E-state index in [9.17, 15) is 0 Å². The van der Waals surface area contributed by atoms with E-state index in [0.29, 0.717) is 0 Å². The van der Waals surface area contributed by atoms with Gasteiger partial charge in [-0.2, -0.15) is 0 Å². The molecule has 15 heavy (non-hydrogen) atoms. The van der Waals surface area contributed by atoms with Crippen molar-refractivity contribution in [2.24, 2.45) is 11.8 Å². The fourth-order valence-electron chi connectivity index (χ4n) is 3.55. The zero-order valence-electron chi connectivity index (χ0n) is 10.3. The summed E-state index contributed by atoms with van der Waals surface area (Å²) < 4.78 is 0. The Bertz CT molecular complexity index is 175. The van der Waals surface area contributed by atoms with Crippen LogP contribution in [0.4, 0.5) is 0 Å². The van der Waals surface area contributed by atoms with E-state index in [-0.39, 0.29) is 0 Å². The van der Waals surface area contributed by atoms with Crippen LogP contribution < -0.4 is 5.32 Å². The maximum Gasteiger partial charge on any atom is 0.0220 e. The number of hydrogen-bond donors (Lipinski definition) is 1. The molecule has 3 unspecified atom stereocenters. The van der Waals surface area contributed by atoms with Gasteiger partial charge in [-0.1, -0.05) is 19.8 Å². The van der Waals surface area contributed by atoms with Gasteiger partial charge in [0.2, 0.25) is 0 Å². The number of fused-ring (bicyclic) bond motifs is 1. The molecule has 2 rings (SSSR count). The second kappa shape index (κ2) is 5.31. The molecule has 1 heterocycles. The van der Waals surface area contributed by atoms with Crippen LogP contribution in [-0.2, 0) is 0 Å². The molecule has 3 atom stereocenters. The molecule has 1 N–H and O–H groups in total. The first-order chi connectivity index (χ1) is 7.35. The highest BCUT2D eigenvalue weighted by Crippen LogP contribution is 2.38. The van der Waals surface area contributed by atoms with Gasteiger partial charge in [-0.25, -0.2) is 0 Å². The van der Waals surface area contributed by atoms with Crippen LogP contribution in [0.3, 0.4) is 0 Å². The van der Waals surface area contributed by atoms with Gasteiger partial charge in [-0.15, -0.1) is 0 Å². The molecule has 88 valence electrons. The lowest BCUT2D eigenvalue weighted by Gasteiger charge is -2.28. The largest absolute Gasteiger partial charge is 0.318 e. The second-order valence-corrected chi connectivity index (χ2v) is 5.41. The van der Waals surface area contributed by atoms with Crippen molar-refractivity contribution in [3.63, 3.8) is 0 Å². The summed E-state index contributed by atoms with van der Waals surface area (Å²) in [5.74, 6) is 2.09. The molecule has 0 amide bonds. The Morgan fingerprint density at radius 1 is 1.27 bits per heavy atom. The van der Waals surface area contributed by atoms with Gasteiger partial charge < -0.3 is 5.32 Å². The summed E-state index contributed by atoms with van der Waals surface area (Å²) in [6.07, 6.45) is 7.17. The summed E-state index contributed by atoms with van der Waals surface area (Å²) in [5.41, 5.74) is 0. The molecule has 0 spiro atoms. The number of likely N-dealkylation sites (N-methyl/N-ethyl adjacent to an activating group) is 1. The summed E-state index contributed by atoms with van der Waals surface area (Å²) >= 11 is 0. The second-order valence-electron chi connectivity index (χ2n) is 5.41. The molecule has 0 bridgehead atoms. The minimum absolute atomic E-state index is 0.797. The van der Waals surface area contributed by atoms with Crippen LogP contribution in [0.1, 0.15) is 39.0 Å². The quantitative estimate of drug-likeness (QED) is 0.747. The number of rotatable bonds is 5. The molecule has 2 fully saturated rings. The lowest BCUT2D eigenvalue weighted by molar-refractivity contribution is 0.209. The van der Waals surface area contributed by atoms with Gasteiger partial charge in [0.15, 0.2) is 0 Å². The molecule has 2 aliphatic rings. The predicted molar refractivity (Wildman–Crippen MR) is 65.0 cm³/mol. The predicted octanol–water partition coefficient (Wildman–Crippen LogP) is 2.11. The van der Waals surface area contributed by atoms with Crippen LogP contribution >= 0.6 is 0 Å². The topological polar surface area (TPSA) is 15.3 Å². The monoisotopic (exact) mass is 210 g/mol. The molecule has 1 saturated heterocycles. The maximum atomic E-state index is 3.35. The molecule has 1 aliphatic carbocycles. The van der Waals surface area contributed by atoms with Crippen molar-refractivity contribution in [1.82, 2.24) is 10.2 Å². The normalized spacial score (nSPS) is 33.2. The van der Waals surface area contributed by atoms with Crippen molar-refractivity contribution in [1.29, 1.82) is 0 Å². The van der Waals surface area contributed by atoms with Crippen LogP contribution in [0.25, 0.3) is 0 Å². The number of hydrogen-bond acceptors (Lipinski definition) is 2. The third kappa shape index (κ3) is 2.54. The van der Waals surface area contributed by atoms with Crippen molar-refractivity contribution in [2.45, 2.75) is 45.1 Å². The third-order valence-electron chi connectivity index (χ3n) is 4.33. The fraction of sp³-hybridized carbons (Fsp3) is 1.00. The van der Waals surface area contributed by atoms with E-state index in [1.807, 2.05) is 0 Å². The molecule has 2 nitrogen and oxygen atoms in total. The molecule has 0 aromatic carbocycles. The molecule has 2 heteroatoms. The fourth-order valence-corrected chi connectivity index (χ4v) is 3.55. The lowest BCUT2D eigenvalue weighted by atomic mass is 10.0. The molecule has 0 radical (unpaired) electrons. The smallest absolute Gasteiger partial charge is 0.0220 e. The third-order valence-corrected chi connectivity index (χ3v) is 4.33. The number of nitrogens with zero attached hydrogens (tertiary/aromatic N) is 1. The van der Waals surface area contributed by atoms with Crippen LogP contribution in [0.2, 0.25) is 0 Å². The molecule has 0 aromatic rings. The van der Waals surface area contributed by atoms with E-state index < -0.39 is 0 Å². The zero-order chi connectivity index (χ0) is 10.7. The lowest BCUT2D eigenvalue weighted by Crippen LogP contribution is -2.40. The van der Waals surface area contributed by atoms with Gasteiger partial charge in [0, 0.05) is 25.7 Å². The van der Waals surface area contributed by atoms with Gasteiger partial charge in [0.05, 0.1) is 0 Å². The highest BCUT2D eigenvalue weighted by molar-refractivity contribution is 4.91. The minimum Gasteiger partial charge on any atom is -0.318 e. The van der Waals surface area contributed by atoms with Crippen LogP contribution in [0.5, 0.6) is 0 Å². The summed E-state index contributed by atoms with van der Waals surface area (Å²) in [7, 11) is 2.08. The van der Waals surface area contributed by atoms with Gasteiger partial charge in [-0.3, -0.25) is 4.90 Å². The maximum absolute atomic E-state index is 3.35. The van der Waals surface area contributed by atoms with Gasteiger partial charge in [0.25, 0.3) is 0 Å². The van der Waals surface area contributed by atoms with Crippen LogP contribution in [-0.4, -0.2) is 37.6 Å². The molecular formula is C13H26N2. The molecule has 1 aliphatic heterocycles. The van der Waals surface area contributed by atoms with Crippen LogP contribution in [0.15, 0.2) is 0 Å².